The number of anilines is 1. The minimum atomic E-state index is -0.310. The van der Waals surface area contributed by atoms with E-state index in [1.54, 1.807) is 12.1 Å². The molecule has 3 aromatic rings. The van der Waals surface area contributed by atoms with Crippen molar-refractivity contribution >= 4 is 23.4 Å². The van der Waals surface area contributed by atoms with E-state index in [-0.39, 0.29) is 23.5 Å². The summed E-state index contributed by atoms with van der Waals surface area (Å²) in [5.74, 6) is 0.468. The molecular weight excluding hydrogens is 377 g/mol. The van der Waals surface area contributed by atoms with E-state index in [9.17, 15) is 9.18 Å². The van der Waals surface area contributed by atoms with Crippen LogP contribution in [0.5, 0.6) is 0 Å². The molecule has 1 amide bonds. The molecule has 8 heteroatoms. The van der Waals surface area contributed by atoms with Gasteiger partial charge in [-0.3, -0.25) is 14.3 Å². The van der Waals surface area contributed by atoms with Gasteiger partial charge in [-0.1, -0.05) is 30.0 Å². The minimum Gasteiger partial charge on any atom is -0.325 e. The molecule has 0 aliphatic heterocycles. The Bertz CT molecular complexity index is 928. The van der Waals surface area contributed by atoms with Crippen molar-refractivity contribution in [2.45, 2.75) is 18.1 Å². The third-order valence-corrected chi connectivity index (χ3v) is 5.21. The lowest BCUT2D eigenvalue weighted by molar-refractivity contribution is -0.113. The Morgan fingerprint density at radius 3 is 2.46 bits per heavy atom. The number of carbonyl (C=O) groups excluding carboxylic acids is 1. The highest BCUT2D eigenvalue weighted by atomic mass is 32.2. The summed E-state index contributed by atoms with van der Waals surface area (Å²) in [6, 6.07) is 15.4. The largest absolute Gasteiger partial charge is 0.325 e. The summed E-state index contributed by atoms with van der Waals surface area (Å²) in [6.07, 6.45) is 0. The fraction of sp³-hybridized carbons (Fsp3) is 0.250. The number of hydrogen-bond donors (Lipinski definition) is 1. The van der Waals surface area contributed by atoms with Crippen molar-refractivity contribution in [2.24, 2.45) is 0 Å². The first-order chi connectivity index (χ1) is 13.5. The molecule has 0 saturated carbocycles. The van der Waals surface area contributed by atoms with Crippen LogP contribution in [0.2, 0.25) is 0 Å². The van der Waals surface area contributed by atoms with E-state index in [0.29, 0.717) is 5.16 Å². The third kappa shape index (κ3) is 4.76. The smallest absolute Gasteiger partial charge is 0.234 e. The van der Waals surface area contributed by atoms with Crippen molar-refractivity contribution in [3.63, 3.8) is 0 Å². The zero-order chi connectivity index (χ0) is 20.1. The fourth-order valence-electron chi connectivity index (χ4n) is 2.56. The number of nitrogens with zero attached hydrogens (tertiary/aromatic N) is 4. The molecule has 0 spiro atoms. The average molecular weight is 399 g/mol. The molecule has 0 saturated heterocycles. The number of amides is 1. The highest BCUT2D eigenvalue weighted by Crippen LogP contribution is 2.27. The van der Waals surface area contributed by atoms with E-state index in [1.165, 1.54) is 23.9 Å². The van der Waals surface area contributed by atoms with Gasteiger partial charge in [-0.15, -0.1) is 10.2 Å². The Labute approximate surface area is 167 Å². The van der Waals surface area contributed by atoms with E-state index in [4.69, 9.17) is 0 Å². The lowest BCUT2D eigenvalue weighted by Gasteiger charge is -2.20. The van der Waals surface area contributed by atoms with Crippen LogP contribution < -0.4 is 5.32 Å². The molecule has 0 radical (unpaired) electrons. The summed E-state index contributed by atoms with van der Waals surface area (Å²) >= 11 is 1.29. The summed E-state index contributed by atoms with van der Waals surface area (Å²) in [5.41, 5.74) is 1.50. The molecule has 0 aliphatic rings. The maximum Gasteiger partial charge on any atom is 0.234 e. The Kier molecular flexibility index (Phi) is 6.43. The zero-order valence-corrected chi connectivity index (χ0v) is 16.8. The highest BCUT2D eigenvalue weighted by molar-refractivity contribution is 7.99. The van der Waals surface area contributed by atoms with Gasteiger partial charge in [0.15, 0.2) is 11.0 Å². The predicted octanol–water partition coefficient (Wildman–Crippen LogP) is 3.76. The molecular formula is C20H22FN5OS. The molecule has 3 rings (SSSR count). The highest BCUT2D eigenvalue weighted by Gasteiger charge is 2.21. The van der Waals surface area contributed by atoms with Crippen LogP contribution in [-0.4, -0.2) is 45.4 Å². The van der Waals surface area contributed by atoms with Crippen LogP contribution in [0, 0.1) is 5.82 Å². The van der Waals surface area contributed by atoms with Gasteiger partial charge in [0.05, 0.1) is 11.8 Å². The number of aromatic nitrogens is 3. The van der Waals surface area contributed by atoms with Crippen LogP contribution in [0.3, 0.4) is 0 Å². The van der Waals surface area contributed by atoms with Gasteiger partial charge < -0.3 is 5.32 Å². The lowest BCUT2D eigenvalue weighted by atomic mass is 10.2. The van der Waals surface area contributed by atoms with Crippen molar-refractivity contribution in [3.8, 4) is 5.69 Å². The van der Waals surface area contributed by atoms with Gasteiger partial charge in [-0.05, 0) is 57.4 Å². The maximum atomic E-state index is 13.4. The molecule has 1 aromatic heterocycles. The predicted molar refractivity (Wildman–Crippen MR) is 109 cm³/mol. The summed E-state index contributed by atoms with van der Waals surface area (Å²) in [7, 11) is 3.91. The second kappa shape index (κ2) is 8.99. The Morgan fingerprint density at radius 1 is 1.14 bits per heavy atom. The van der Waals surface area contributed by atoms with Crippen molar-refractivity contribution in [1.29, 1.82) is 0 Å². The van der Waals surface area contributed by atoms with Crippen molar-refractivity contribution in [2.75, 3.05) is 25.2 Å². The van der Waals surface area contributed by atoms with Gasteiger partial charge in [0.2, 0.25) is 5.91 Å². The van der Waals surface area contributed by atoms with Crippen LogP contribution >= 0.6 is 11.8 Å². The van der Waals surface area contributed by atoms with Gasteiger partial charge >= 0.3 is 0 Å². The van der Waals surface area contributed by atoms with E-state index in [2.05, 4.69) is 15.5 Å². The number of thioether (sulfide) groups is 1. The number of rotatable bonds is 7. The minimum absolute atomic E-state index is 0.00921. The number of benzene rings is 2. The van der Waals surface area contributed by atoms with Gasteiger partial charge in [-0.2, -0.15) is 0 Å². The Balaban J connectivity index is 1.82. The second-order valence-corrected chi connectivity index (χ2v) is 7.44. The van der Waals surface area contributed by atoms with Gasteiger partial charge in [-0.25, -0.2) is 4.39 Å². The summed E-state index contributed by atoms with van der Waals surface area (Å²) in [5, 5.41) is 12.0. The van der Waals surface area contributed by atoms with Crippen LogP contribution in [0.15, 0.2) is 59.8 Å². The maximum absolute atomic E-state index is 13.4. The van der Waals surface area contributed by atoms with Gasteiger partial charge in [0.1, 0.15) is 5.82 Å². The van der Waals surface area contributed by atoms with Crippen LogP contribution in [0.25, 0.3) is 5.69 Å². The van der Waals surface area contributed by atoms with Gasteiger partial charge in [0, 0.05) is 11.4 Å². The summed E-state index contributed by atoms with van der Waals surface area (Å²) in [4.78, 5) is 14.3. The van der Waals surface area contributed by atoms with E-state index < -0.39 is 0 Å². The fourth-order valence-corrected chi connectivity index (χ4v) is 3.32. The standard InChI is InChI=1S/C20H22FN5OS/c1-14(25(2)3)19-23-24-20(26(19)17-11-9-15(21)10-12-17)28-13-18(27)22-16-7-5-4-6-8-16/h4-12,14H,13H2,1-3H3,(H,22,27)/t14-/m1/s1. The molecule has 1 heterocycles. The van der Waals surface area contributed by atoms with Crippen molar-refractivity contribution in [3.05, 3.63) is 66.2 Å². The molecule has 0 unspecified atom stereocenters. The lowest BCUT2D eigenvalue weighted by Crippen LogP contribution is -2.21. The quantitative estimate of drug-likeness (QED) is 0.613. The first-order valence-electron chi connectivity index (χ1n) is 8.81. The molecule has 1 atom stereocenters. The Hall–Kier alpha value is -2.71. The van der Waals surface area contributed by atoms with Crippen LogP contribution in [0.4, 0.5) is 10.1 Å². The van der Waals surface area contributed by atoms with E-state index in [0.717, 1.165) is 17.2 Å². The van der Waals surface area contributed by atoms with Crippen molar-refractivity contribution < 1.29 is 9.18 Å². The molecule has 1 N–H and O–H groups in total. The summed E-state index contributed by atoms with van der Waals surface area (Å²) in [6.45, 7) is 2.01. The SMILES string of the molecule is C[C@H](c1nnc(SCC(=O)Nc2ccccc2)n1-c1ccc(F)cc1)N(C)C. The molecule has 0 aliphatic carbocycles. The first kappa shape index (κ1) is 20.0. The molecule has 6 nitrogen and oxygen atoms in total. The van der Waals surface area contributed by atoms with Crippen LogP contribution in [0.1, 0.15) is 18.8 Å². The third-order valence-electron chi connectivity index (χ3n) is 4.28. The normalized spacial score (nSPS) is 12.2. The first-order valence-corrected chi connectivity index (χ1v) is 9.79. The average Bonchev–Trinajstić information content (AvgIpc) is 3.11. The molecule has 28 heavy (non-hydrogen) atoms. The van der Waals surface area contributed by atoms with Crippen LogP contribution in [-0.2, 0) is 4.79 Å². The molecule has 0 fully saturated rings. The van der Waals surface area contributed by atoms with Crippen molar-refractivity contribution in [1.82, 2.24) is 19.7 Å². The number of para-hydroxylation sites is 1. The summed E-state index contributed by atoms with van der Waals surface area (Å²) < 4.78 is 15.2. The topological polar surface area (TPSA) is 63.1 Å². The monoisotopic (exact) mass is 399 g/mol. The van der Waals surface area contributed by atoms with Gasteiger partial charge in [0.25, 0.3) is 0 Å². The zero-order valence-electron chi connectivity index (χ0n) is 16.0. The molecule has 2 aromatic carbocycles. The molecule has 146 valence electrons. The Morgan fingerprint density at radius 2 is 1.82 bits per heavy atom. The number of hydrogen-bond acceptors (Lipinski definition) is 5. The second-order valence-electron chi connectivity index (χ2n) is 6.50. The molecule has 0 bridgehead atoms. The number of carbonyl (C=O) groups is 1. The van der Waals surface area contributed by atoms with E-state index >= 15 is 0 Å². The number of halogens is 1. The van der Waals surface area contributed by atoms with E-state index in [1.807, 2.05) is 60.8 Å². The number of nitrogens with one attached hydrogen (secondary N) is 1.